The number of aryl methyl sites for hydroxylation is 1. The van der Waals surface area contributed by atoms with Crippen LogP contribution in [-0.2, 0) is 14.3 Å². The Labute approximate surface area is 163 Å². The van der Waals surface area contributed by atoms with Crippen molar-refractivity contribution in [2.24, 2.45) is 5.92 Å². The van der Waals surface area contributed by atoms with Gasteiger partial charge in [0.1, 0.15) is 0 Å². The average Bonchev–Trinajstić information content (AvgIpc) is 2.60. The molecule has 0 spiro atoms. The van der Waals surface area contributed by atoms with Gasteiger partial charge in [-0.25, -0.2) is 4.39 Å². The summed E-state index contributed by atoms with van der Waals surface area (Å²) in [6.45, 7) is 1.94. The van der Waals surface area contributed by atoms with E-state index >= 15 is 0 Å². The molecule has 9 heteroatoms. The zero-order valence-electron chi connectivity index (χ0n) is 15.5. The summed E-state index contributed by atoms with van der Waals surface area (Å²) in [4.78, 5) is 11.9. The zero-order chi connectivity index (χ0) is 20.5. The molecule has 0 heterocycles. The minimum Gasteiger partial charge on any atom is -0.369 e. The van der Waals surface area contributed by atoms with Crippen molar-refractivity contribution < 1.29 is 21.9 Å². The minimum atomic E-state index is -3.80. The molecule has 0 atom stereocenters. The summed E-state index contributed by atoms with van der Waals surface area (Å²) in [5, 5.41) is 10.7. The minimum absolute atomic E-state index is 0.0200. The lowest BCUT2D eigenvalue weighted by molar-refractivity contribution is -0.385. The number of hydrogen-bond donors (Lipinski definition) is 0. The Balaban J connectivity index is 1.54. The molecule has 0 amide bonds. The van der Waals surface area contributed by atoms with E-state index in [4.69, 9.17) is 4.18 Å². The van der Waals surface area contributed by atoms with Crippen molar-refractivity contribution in [3.05, 3.63) is 64.0 Å². The first kappa shape index (κ1) is 20.2. The van der Waals surface area contributed by atoms with E-state index in [1.54, 1.807) is 24.1 Å². The Bertz CT molecular complexity index is 972. The summed E-state index contributed by atoms with van der Waals surface area (Å²) < 4.78 is 43.8. The van der Waals surface area contributed by atoms with Gasteiger partial charge in [-0.2, -0.15) is 8.42 Å². The normalized spacial score (nSPS) is 19.1. The van der Waals surface area contributed by atoms with E-state index in [1.165, 1.54) is 24.3 Å². The summed E-state index contributed by atoms with van der Waals surface area (Å²) in [7, 11) is -2.08. The molecule has 1 aliphatic carbocycles. The molecule has 2 aromatic rings. The Kier molecular flexibility index (Phi) is 5.66. The van der Waals surface area contributed by atoms with Crippen molar-refractivity contribution in [3.63, 3.8) is 0 Å². The maximum absolute atomic E-state index is 14.1. The lowest BCUT2D eigenvalue weighted by Crippen LogP contribution is -2.44. The highest BCUT2D eigenvalue weighted by molar-refractivity contribution is 7.86. The molecular formula is C19H21FN2O5S. The SMILES string of the molecule is Cc1ccc(S(=O)(=O)OCC2CC(N(C)c3ccc([N+](=O)[O-])cc3F)C2)cc1. The van der Waals surface area contributed by atoms with E-state index in [2.05, 4.69) is 0 Å². The van der Waals surface area contributed by atoms with Gasteiger partial charge in [-0.1, -0.05) is 17.7 Å². The van der Waals surface area contributed by atoms with Crippen molar-refractivity contribution in [3.8, 4) is 0 Å². The van der Waals surface area contributed by atoms with E-state index in [0.717, 1.165) is 11.6 Å². The Morgan fingerprint density at radius 2 is 1.86 bits per heavy atom. The number of benzene rings is 2. The van der Waals surface area contributed by atoms with Crippen LogP contribution in [-0.4, -0.2) is 33.0 Å². The second-order valence-corrected chi connectivity index (χ2v) is 8.66. The molecule has 3 rings (SSSR count). The molecule has 1 saturated carbocycles. The molecule has 2 aromatic carbocycles. The van der Waals surface area contributed by atoms with Gasteiger partial charge in [0.15, 0.2) is 5.82 Å². The average molecular weight is 408 g/mol. The topological polar surface area (TPSA) is 89.8 Å². The van der Waals surface area contributed by atoms with Crippen LogP contribution in [0.2, 0.25) is 0 Å². The quantitative estimate of drug-likeness (QED) is 0.395. The monoisotopic (exact) mass is 408 g/mol. The molecule has 1 fully saturated rings. The number of anilines is 1. The first-order valence-electron chi connectivity index (χ1n) is 8.80. The molecule has 0 bridgehead atoms. The van der Waals surface area contributed by atoms with Gasteiger partial charge in [-0.05, 0) is 43.9 Å². The molecule has 0 aliphatic heterocycles. The molecule has 0 aromatic heterocycles. The lowest BCUT2D eigenvalue weighted by Gasteiger charge is -2.42. The fourth-order valence-electron chi connectivity index (χ4n) is 3.20. The first-order chi connectivity index (χ1) is 13.2. The fourth-order valence-corrected chi connectivity index (χ4v) is 4.18. The van der Waals surface area contributed by atoms with Crippen molar-refractivity contribution >= 4 is 21.5 Å². The van der Waals surface area contributed by atoms with Crippen LogP contribution in [0.5, 0.6) is 0 Å². The highest BCUT2D eigenvalue weighted by Gasteiger charge is 2.34. The van der Waals surface area contributed by atoms with E-state index in [9.17, 15) is 22.9 Å². The Morgan fingerprint density at radius 1 is 1.21 bits per heavy atom. The summed E-state index contributed by atoms with van der Waals surface area (Å²) >= 11 is 0. The van der Waals surface area contributed by atoms with Gasteiger partial charge in [0.25, 0.3) is 15.8 Å². The standard InChI is InChI=1S/C19H21FN2O5S/c1-13-3-6-17(7-4-13)28(25,26)27-12-14-9-16(10-14)21(2)19-8-5-15(22(23)24)11-18(19)20/h3-8,11,14,16H,9-10,12H2,1-2H3. The van der Waals surface area contributed by atoms with Crippen molar-refractivity contribution in [2.45, 2.75) is 30.7 Å². The van der Waals surface area contributed by atoms with Gasteiger partial charge in [-0.3, -0.25) is 14.3 Å². The molecule has 150 valence electrons. The Morgan fingerprint density at radius 3 is 2.43 bits per heavy atom. The van der Waals surface area contributed by atoms with Crippen LogP contribution in [0.1, 0.15) is 18.4 Å². The maximum Gasteiger partial charge on any atom is 0.296 e. The van der Waals surface area contributed by atoms with Crippen molar-refractivity contribution in [1.82, 2.24) is 0 Å². The molecule has 0 N–H and O–H groups in total. The summed E-state index contributed by atoms with van der Waals surface area (Å²) in [5.74, 6) is -0.605. The van der Waals surface area contributed by atoms with Crippen molar-refractivity contribution in [1.29, 1.82) is 0 Å². The third-order valence-corrected chi connectivity index (χ3v) is 6.35. The number of non-ortho nitro benzene ring substituents is 1. The molecule has 28 heavy (non-hydrogen) atoms. The van der Waals surface area contributed by atoms with Crippen LogP contribution in [0.4, 0.5) is 15.8 Å². The number of nitro benzene ring substituents is 1. The highest BCUT2D eigenvalue weighted by Crippen LogP contribution is 2.36. The third kappa shape index (κ3) is 4.31. The number of halogens is 1. The van der Waals surface area contributed by atoms with Gasteiger partial charge >= 0.3 is 0 Å². The number of nitro groups is 1. The van der Waals surface area contributed by atoms with E-state index in [0.29, 0.717) is 12.8 Å². The number of hydrogen-bond acceptors (Lipinski definition) is 6. The molecular weight excluding hydrogens is 387 g/mol. The van der Waals surface area contributed by atoms with Crippen molar-refractivity contribution in [2.75, 3.05) is 18.6 Å². The molecule has 7 nitrogen and oxygen atoms in total. The van der Waals surface area contributed by atoms with Gasteiger partial charge in [0.05, 0.1) is 28.2 Å². The molecule has 0 unspecified atom stereocenters. The predicted octanol–water partition coefficient (Wildman–Crippen LogP) is 3.66. The third-order valence-electron chi connectivity index (χ3n) is 5.05. The first-order valence-corrected chi connectivity index (χ1v) is 10.2. The van der Waals surface area contributed by atoms with E-state index in [1.807, 2.05) is 6.92 Å². The molecule has 1 aliphatic rings. The van der Waals surface area contributed by atoms with Gasteiger partial charge in [0.2, 0.25) is 0 Å². The van der Waals surface area contributed by atoms with Crippen LogP contribution in [0.15, 0.2) is 47.4 Å². The highest BCUT2D eigenvalue weighted by atomic mass is 32.2. The van der Waals surface area contributed by atoms with Crippen LogP contribution >= 0.6 is 0 Å². The van der Waals surface area contributed by atoms with E-state index in [-0.39, 0.29) is 34.8 Å². The van der Waals surface area contributed by atoms with Crippen LogP contribution in [0, 0.1) is 28.8 Å². The number of rotatable bonds is 7. The Hall–Kier alpha value is -2.52. The second kappa shape index (κ2) is 7.84. The lowest BCUT2D eigenvalue weighted by atomic mass is 9.80. The van der Waals surface area contributed by atoms with Gasteiger partial charge in [0, 0.05) is 19.2 Å². The van der Waals surface area contributed by atoms with Gasteiger partial charge < -0.3 is 4.90 Å². The smallest absolute Gasteiger partial charge is 0.296 e. The second-order valence-electron chi connectivity index (χ2n) is 7.05. The zero-order valence-corrected chi connectivity index (χ0v) is 16.4. The summed E-state index contributed by atoms with van der Waals surface area (Å²) in [6, 6.07) is 10.0. The largest absolute Gasteiger partial charge is 0.369 e. The molecule has 0 radical (unpaired) electrons. The van der Waals surface area contributed by atoms with Crippen LogP contribution in [0.25, 0.3) is 0 Å². The van der Waals surface area contributed by atoms with Crippen LogP contribution < -0.4 is 4.90 Å². The van der Waals surface area contributed by atoms with E-state index < -0.39 is 20.9 Å². The number of nitrogens with zero attached hydrogens (tertiary/aromatic N) is 2. The summed E-state index contributed by atoms with van der Waals surface area (Å²) in [5.41, 5.74) is 0.945. The fraction of sp³-hybridized carbons (Fsp3) is 0.368. The van der Waals surface area contributed by atoms with Gasteiger partial charge in [-0.15, -0.1) is 0 Å². The van der Waals surface area contributed by atoms with Crippen LogP contribution in [0.3, 0.4) is 0 Å². The maximum atomic E-state index is 14.1. The predicted molar refractivity (Wildman–Crippen MR) is 102 cm³/mol. The molecule has 0 saturated heterocycles. The summed E-state index contributed by atoms with van der Waals surface area (Å²) in [6.07, 6.45) is 1.30.